The number of rotatable bonds is 3. The fourth-order valence-electron chi connectivity index (χ4n) is 2.92. The van der Waals surface area contributed by atoms with Crippen LogP contribution in [0.3, 0.4) is 0 Å². The molecule has 174 valence electrons. The van der Waals surface area contributed by atoms with Crippen molar-refractivity contribution in [2.75, 3.05) is 5.32 Å². The minimum Gasteiger partial charge on any atom is -0.320 e. The first-order valence-electron chi connectivity index (χ1n) is 8.90. The highest BCUT2D eigenvalue weighted by Gasteiger charge is 2.39. The number of carbonyl (C=O) groups excluding carboxylic acids is 1. The lowest BCUT2D eigenvalue weighted by Crippen LogP contribution is -2.20. The van der Waals surface area contributed by atoms with E-state index < -0.39 is 46.7 Å². The minimum absolute atomic E-state index is 0.0933. The quantitative estimate of drug-likeness (QED) is 0.410. The second-order valence-electron chi connectivity index (χ2n) is 6.69. The maximum atomic E-state index is 13.3. The van der Waals surface area contributed by atoms with Crippen LogP contribution < -0.4 is 5.32 Å². The van der Waals surface area contributed by atoms with E-state index in [0.29, 0.717) is 12.1 Å². The predicted octanol–water partition coefficient (Wildman–Crippen LogP) is 7.06. The van der Waals surface area contributed by atoms with Crippen LogP contribution in [0.2, 0.25) is 0 Å². The van der Waals surface area contributed by atoms with Gasteiger partial charge in [-0.2, -0.15) is 39.5 Å². The first kappa shape index (κ1) is 24.1. The van der Waals surface area contributed by atoms with E-state index in [0.717, 1.165) is 18.2 Å². The van der Waals surface area contributed by atoms with Crippen LogP contribution in [0.4, 0.5) is 45.2 Å². The van der Waals surface area contributed by atoms with Crippen LogP contribution in [0.25, 0.3) is 11.3 Å². The zero-order valence-corrected chi connectivity index (χ0v) is 16.0. The molecule has 0 saturated heterocycles. The summed E-state index contributed by atoms with van der Waals surface area (Å²) in [6.07, 6.45) is -13.9. The molecule has 0 unspecified atom stereocenters. The molecule has 0 aliphatic heterocycles. The Morgan fingerprint density at radius 1 is 0.727 bits per heavy atom. The van der Waals surface area contributed by atoms with E-state index in [2.05, 4.69) is 10.3 Å². The van der Waals surface area contributed by atoms with Crippen molar-refractivity contribution in [3.63, 3.8) is 0 Å². The summed E-state index contributed by atoms with van der Waals surface area (Å²) in [5.41, 5.74) is -6.06. The van der Waals surface area contributed by atoms with Crippen LogP contribution in [0.1, 0.15) is 27.0 Å². The molecule has 3 aromatic rings. The SMILES string of the molecule is O=C(Nc1cccnc1-c1cccc(C(F)(F)F)c1)c1ccc(C(F)(F)F)cc1C(F)(F)F. The Labute approximate surface area is 179 Å². The minimum atomic E-state index is -5.28. The molecule has 0 atom stereocenters. The van der Waals surface area contributed by atoms with Crippen LogP contribution in [0, 0.1) is 0 Å². The average Bonchev–Trinajstić information content (AvgIpc) is 2.72. The number of anilines is 1. The van der Waals surface area contributed by atoms with Crippen molar-refractivity contribution >= 4 is 11.6 Å². The molecule has 1 heterocycles. The van der Waals surface area contributed by atoms with Crippen LogP contribution in [-0.2, 0) is 18.5 Å². The van der Waals surface area contributed by atoms with Gasteiger partial charge in [-0.1, -0.05) is 12.1 Å². The topological polar surface area (TPSA) is 42.0 Å². The van der Waals surface area contributed by atoms with Gasteiger partial charge in [0.2, 0.25) is 0 Å². The van der Waals surface area contributed by atoms with Gasteiger partial charge in [0.15, 0.2) is 0 Å². The molecule has 12 heteroatoms. The summed E-state index contributed by atoms with van der Waals surface area (Å²) < 4.78 is 118. The maximum Gasteiger partial charge on any atom is 0.417 e. The summed E-state index contributed by atoms with van der Waals surface area (Å²) in [7, 11) is 0. The van der Waals surface area contributed by atoms with Crippen LogP contribution in [-0.4, -0.2) is 10.9 Å². The number of halogens is 9. The number of aromatic nitrogens is 1. The second kappa shape index (κ2) is 8.41. The monoisotopic (exact) mass is 478 g/mol. The molecular formula is C21H11F9N2O. The van der Waals surface area contributed by atoms with Gasteiger partial charge in [0, 0.05) is 11.8 Å². The van der Waals surface area contributed by atoms with E-state index in [1.165, 1.54) is 24.4 Å². The highest BCUT2D eigenvalue weighted by molar-refractivity contribution is 6.07. The van der Waals surface area contributed by atoms with Gasteiger partial charge in [0.05, 0.1) is 33.6 Å². The first-order valence-corrected chi connectivity index (χ1v) is 8.90. The molecule has 0 spiro atoms. The van der Waals surface area contributed by atoms with Gasteiger partial charge in [-0.3, -0.25) is 9.78 Å². The van der Waals surface area contributed by atoms with Crippen molar-refractivity contribution in [2.45, 2.75) is 18.5 Å². The van der Waals surface area contributed by atoms with Gasteiger partial charge in [0.25, 0.3) is 5.91 Å². The molecule has 0 fully saturated rings. The molecule has 1 N–H and O–H groups in total. The molecule has 0 saturated carbocycles. The number of carbonyl (C=O) groups is 1. The molecule has 2 aromatic carbocycles. The zero-order chi connectivity index (χ0) is 24.6. The third kappa shape index (κ3) is 5.44. The number of benzene rings is 2. The molecule has 0 aliphatic carbocycles. The largest absolute Gasteiger partial charge is 0.417 e. The van der Waals surface area contributed by atoms with Crippen molar-refractivity contribution in [1.29, 1.82) is 0 Å². The zero-order valence-electron chi connectivity index (χ0n) is 16.0. The molecule has 1 amide bonds. The lowest BCUT2D eigenvalue weighted by molar-refractivity contribution is -0.143. The fraction of sp³-hybridized carbons (Fsp3) is 0.143. The van der Waals surface area contributed by atoms with Crippen molar-refractivity contribution in [3.05, 3.63) is 83.0 Å². The van der Waals surface area contributed by atoms with Gasteiger partial charge >= 0.3 is 18.5 Å². The summed E-state index contributed by atoms with van der Waals surface area (Å²) in [6.45, 7) is 0. The van der Waals surface area contributed by atoms with Crippen LogP contribution >= 0.6 is 0 Å². The maximum absolute atomic E-state index is 13.3. The van der Waals surface area contributed by atoms with Gasteiger partial charge in [0.1, 0.15) is 0 Å². The Balaban J connectivity index is 2.02. The third-order valence-corrected chi connectivity index (χ3v) is 4.42. The number of alkyl halides is 9. The van der Waals surface area contributed by atoms with Gasteiger partial charge < -0.3 is 5.32 Å². The molecule has 33 heavy (non-hydrogen) atoms. The second-order valence-corrected chi connectivity index (χ2v) is 6.69. The van der Waals surface area contributed by atoms with E-state index >= 15 is 0 Å². The summed E-state index contributed by atoms with van der Waals surface area (Å²) in [5, 5.41) is 2.09. The molecule has 0 aliphatic rings. The number of hydrogen-bond acceptors (Lipinski definition) is 2. The number of amides is 1. The number of nitrogens with one attached hydrogen (secondary N) is 1. The summed E-state index contributed by atoms with van der Waals surface area (Å²) in [4.78, 5) is 16.4. The van der Waals surface area contributed by atoms with Crippen LogP contribution in [0.5, 0.6) is 0 Å². The standard InChI is InChI=1S/C21H11F9N2O/c22-19(23,24)12-4-1-3-11(9-12)17-16(5-2-8-31-17)32-18(33)14-7-6-13(20(25,26)27)10-15(14)21(28,29)30/h1-10H,(H,32,33). The number of nitrogens with zero attached hydrogens (tertiary/aromatic N) is 1. The molecule has 3 rings (SSSR count). The number of hydrogen-bond donors (Lipinski definition) is 1. The Morgan fingerprint density at radius 2 is 1.36 bits per heavy atom. The lowest BCUT2D eigenvalue weighted by atomic mass is 10.0. The van der Waals surface area contributed by atoms with E-state index in [9.17, 15) is 44.3 Å². The van der Waals surface area contributed by atoms with Gasteiger partial charge in [-0.05, 0) is 42.5 Å². The van der Waals surface area contributed by atoms with Crippen molar-refractivity contribution in [3.8, 4) is 11.3 Å². The van der Waals surface area contributed by atoms with E-state index in [1.807, 2.05) is 0 Å². The summed E-state index contributed by atoms with van der Waals surface area (Å²) in [6, 6.07) is 6.80. The predicted molar refractivity (Wildman–Crippen MR) is 99.1 cm³/mol. The van der Waals surface area contributed by atoms with E-state index in [4.69, 9.17) is 0 Å². The summed E-state index contributed by atoms with van der Waals surface area (Å²) >= 11 is 0. The van der Waals surface area contributed by atoms with Gasteiger partial charge in [-0.25, -0.2) is 0 Å². The van der Waals surface area contributed by atoms with Gasteiger partial charge in [-0.15, -0.1) is 0 Å². The highest BCUT2D eigenvalue weighted by Crippen LogP contribution is 2.38. The molecule has 3 nitrogen and oxygen atoms in total. The average molecular weight is 478 g/mol. The van der Waals surface area contributed by atoms with Crippen molar-refractivity contribution in [2.24, 2.45) is 0 Å². The first-order chi connectivity index (χ1) is 15.2. The Hall–Kier alpha value is -3.57. The molecule has 1 aromatic heterocycles. The number of pyridine rings is 1. The van der Waals surface area contributed by atoms with E-state index in [1.54, 1.807) is 0 Å². The molecular weight excluding hydrogens is 467 g/mol. The molecule has 0 radical (unpaired) electrons. The fourth-order valence-corrected chi connectivity index (χ4v) is 2.92. The Morgan fingerprint density at radius 3 is 1.97 bits per heavy atom. The van der Waals surface area contributed by atoms with Crippen molar-refractivity contribution < 1.29 is 44.3 Å². The molecule has 0 bridgehead atoms. The van der Waals surface area contributed by atoms with Crippen LogP contribution in [0.15, 0.2) is 60.8 Å². The smallest absolute Gasteiger partial charge is 0.320 e. The van der Waals surface area contributed by atoms with E-state index in [-0.39, 0.29) is 23.0 Å². The highest BCUT2D eigenvalue weighted by atomic mass is 19.4. The third-order valence-electron chi connectivity index (χ3n) is 4.42. The Bertz CT molecular complexity index is 1180. The normalized spacial score (nSPS) is 12.5. The lowest BCUT2D eigenvalue weighted by Gasteiger charge is -2.17. The Kier molecular flexibility index (Phi) is 6.14. The van der Waals surface area contributed by atoms with Crippen molar-refractivity contribution in [1.82, 2.24) is 4.98 Å². The summed E-state index contributed by atoms with van der Waals surface area (Å²) in [5.74, 6) is -1.42.